The Kier molecular flexibility index (Phi) is 3.52. The Morgan fingerprint density at radius 3 is 3.16 bits per heavy atom. The van der Waals surface area contributed by atoms with E-state index >= 15 is 0 Å². The monoisotopic (exact) mass is 281 g/mol. The summed E-state index contributed by atoms with van der Waals surface area (Å²) in [5.74, 6) is 1.42. The van der Waals surface area contributed by atoms with Gasteiger partial charge in [0, 0.05) is 25.3 Å². The van der Waals surface area contributed by atoms with Gasteiger partial charge in [-0.25, -0.2) is 0 Å². The van der Waals surface area contributed by atoms with Gasteiger partial charge in [0.25, 0.3) is 5.78 Å². The van der Waals surface area contributed by atoms with E-state index in [4.69, 9.17) is 11.6 Å². The molecule has 0 amide bonds. The van der Waals surface area contributed by atoms with E-state index in [-0.39, 0.29) is 6.61 Å². The highest BCUT2D eigenvalue weighted by Crippen LogP contribution is 2.27. The zero-order chi connectivity index (χ0) is 13.2. The third-order valence-corrected chi connectivity index (χ3v) is 3.78. The molecule has 1 N–H and O–H groups in total. The molecular weight excluding hydrogens is 266 g/mol. The number of anilines is 1. The molecule has 6 nitrogen and oxygen atoms in total. The first kappa shape index (κ1) is 12.6. The summed E-state index contributed by atoms with van der Waals surface area (Å²) < 4.78 is 1.71. The molecule has 0 radical (unpaired) electrons. The van der Waals surface area contributed by atoms with Crippen LogP contribution in [0.4, 0.5) is 5.82 Å². The average Bonchev–Trinajstić information content (AvgIpc) is 2.87. The van der Waals surface area contributed by atoms with E-state index in [9.17, 15) is 5.11 Å². The minimum absolute atomic E-state index is 0.195. The van der Waals surface area contributed by atoms with Gasteiger partial charge in [0.05, 0.1) is 0 Å². The lowest BCUT2D eigenvalue weighted by Crippen LogP contribution is -2.41. The number of aliphatic hydroxyl groups excluding tert-OH is 1. The van der Waals surface area contributed by atoms with Gasteiger partial charge in [0.2, 0.25) is 0 Å². The van der Waals surface area contributed by atoms with Gasteiger partial charge in [-0.05, 0) is 25.7 Å². The van der Waals surface area contributed by atoms with Crippen LogP contribution < -0.4 is 4.90 Å². The summed E-state index contributed by atoms with van der Waals surface area (Å²) in [6.45, 7) is 1.14. The molecule has 3 rings (SSSR count). The molecule has 7 heteroatoms. The lowest BCUT2D eigenvalue weighted by molar-refractivity contribution is 0.262. The van der Waals surface area contributed by atoms with Crippen molar-refractivity contribution in [1.29, 1.82) is 0 Å². The fourth-order valence-corrected chi connectivity index (χ4v) is 2.90. The Labute approximate surface area is 116 Å². The number of hydrogen-bond donors (Lipinski definition) is 1. The fraction of sp³-hybridized carbons (Fsp3) is 0.583. The number of fused-ring (bicyclic) bond motifs is 1. The van der Waals surface area contributed by atoms with Crippen molar-refractivity contribution < 1.29 is 5.11 Å². The largest absolute Gasteiger partial charge is 0.396 e. The SMILES string of the molecule is OCCC1CCCCN1c1cc(Cl)nc2ncnn12. The van der Waals surface area contributed by atoms with E-state index in [1.165, 1.54) is 12.7 Å². The van der Waals surface area contributed by atoms with E-state index < -0.39 is 0 Å². The lowest BCUT2D eigenvalue weighted by atomic mass is 10.00. The first-order valence-electron chi connectivity index (χ1n) is 6.53. The molecule has 3 heterocycles. The Bertz CT molecular complexity index is 570. The highest BCUT2D eigenvalue weighted by molar-refractivity contribution is 6.29. The highest BCUT2D eigenvalue weighted by atomic mass is 35.5. The molecule has 1 unspecified atom stereocenters. The van der Waals surface area contributed by atoms with Crippen LogP contribution in [0.3, 0.4) is 0 Å². The van der Waals surface area contributed by atoms with Crippen LogP contribution in [0, 0.1) is 0 Å². The topological polar surface area (TPSA) is 66.5 Å². The second kappa shape index (κ2) is 5.30. The van der Waals surface area contributed by atoms with E-state index in [2.05, 4.69) is 20.0 Å². The second-order valence-corrected chi connectivity index (χ2v) is 5.15. The fourth-order valence-electron chi connectivity index (χ4n) is 2.72. The maximum Gasteiger partial charge on any atom is 0.255 e. The van der Waals surface area contributed by atoms with Crippen LogP contribution in [-0.2, 0) is 0 Å². The zero-order valence-corrected chi connectivity index (χ0v) is 11.3. The van der Waals surface area contributed by atoms with Crippen LogP contribution in [-0.4, -0.2) is 43.9 Å². The molecule has 102 valence electrons. The first-order valence-corrected chi connectivity index (χ1v) is 6.91. The third kappa shape index (κ3) is 2.37. The third-order valence-electron chi connectivity index (χ3n) is 3.59. The standard InChI is InChI=1S/C12H16ClN5O/c13-10-7-11(18-12(16-10)14-8-15-18)17-5-2-1-3-9(17)4-6-19/h7-9,19H,1-6H2. The number of aliphatic hydroxyl groups is 1. The minimum Gasteiger partial charge on any atom is -0.396 e. The summed E-state index contributed by atoms with van der Waals surface area (Å²) in [5.41, 5.74) is 0. The zero-order valence-electron chi connectivity index (χ0n) is 10.5. The van der Waals surface area contributed by atoms with Gasteiger partial charge in [0.1, 0.15) is 17.3 Å². The Hall–Kier alpha value is -1.40. The molecule has 1 saturated heterocycles. The second-order valence-electron chi connectivity index (χ2n) is 4.76. The van der Waals surface area contributed by atoms with Crippen molar-refractivity contribution in [2.24, 2.45) is 0 Å². The molecule has 0 aliphatic carbocycles. The van der Waals surface area contributed by atoms with Crippen molar-refractivity contribution in [3.05, 3.63) is 17.5 Å². The Balaban J connectivity index is 2.03. The molecule has 0 aromatic carbocycles. The van der Waals surface area contributed by atoms with Gasteiger partial charge in [0.15, 0.2) is 0 Å². The summed E-state index contributed by atoms with van der Waals surface area (Å²) in [4.78, 5) is 10.5. The molecule has 0 spiro atoms. The van der Waals surface area contributed by atoms with Crippen LogP contribution in [0.1, 0.15) is 25.7 Å². The Morgan fingerprint density at radius 1 is 1.42 bits per heavy atom. The van der Waals surface area contributed by atoms with Gasteiger partial charge >= 0.3 is 0 Å². The quantitative estimate of drug-likeness (QED) is 0.864. The van der Waals surface area contributed by atoms with Crippen LogP contribution in [0.2, 0.25) is 5.15 Å². The molecule has 1 aliphatic rings. The van der Waals surface area contributed by atoms with Gasteiger partial charge in [-0.1, -0.05) is 11.6 Å². The van der Waals surface area contributed by atoms with Gasteiger partial charge in [-0.2, -0.15) is 19.6 Å². The molecule has 1 fully saturated rings. The number of halogens is 1. The van der Waals surface area contributed by atoms with Crippen LogP contribution in [0.5, 0.6) is 0 Å². The lowest BCUT2D eigenvalue weighted by Gasteiger charge is -2.37. The van der Waals surface area contributed by atoms with Gasteiger partial charge in [-0.15, -0.1) is 0 Å². The maximum absolute atomic E-state index is 9.21. The summed E-state index contributed by atoms with van der Waals surface area (Å²) in [6.07, 6.45) is 5.65. The predicted octanol–water partition coefficient (Wildman–Crippen LogP) is 1.52. The molecular formula is C12H16ClN5O. The molecule has 2 aromatic rings. The van der Waals surface area contributed by atoms with Crippen LogP contribution in [0.15, 0.2) is 12.4 Å². The molecule has 19 heavy (non-hydrogen) atoms. The summed E-state index contributed by atoms with van der Waals surface area (Å²) in [6, 6.07) is 2.14. The number of hydrogen-bond acceptors (Lipinski definition) is 5. The van der Waals surface area contributed by atoms with E-state index in [0.717, 1.165) is 31.6 Å². The molecule has 0 saturated carbocycles. The van der Waals surface area contributed by atoms with E-state index in [0.29, 0.717) is 17.0 Å². The molecule has 0 bridgehead atoms. The van der Waals surface area contributed by atoms with Crippen LogP contribution in [0.25, 0.3) is 5.78 Å². The molecule has 2 aromatic heterocycles. The summed E-state index contributed by atoms with van der Waals surface area (Å²) >= 11 is 6.06. The summed E-state index contributed by atoms with van der Waals surface area (Å²) in [5, 5.41) is 13.8. The van der Waals surface area contributed by atoms with Crippen molar-refractivity contribution in [2.75, 3.05) is 18.1 Å². The number of aromatic nitrogens is 4. The minimum atomic E-state index is 0.195. The van der Waals surface area contributed by atoms with Gasteiger partial charge < -0.3 is 10.0 Å². The Morgan fingerprint density at radius 2 is 2.32 bits per heavy atom. The van der Waals surface area contributed by atoms with Gasteiger partial charge in [-0.3, -0.25) is 0 Å². The predicted molar refractivity (Wildman–Crippen MR) is 72.5 cm³/mol. The first-order chi connectivity index (χ1) is 9.29. The van der Waals surface area contributed by atoms with E-state index in [1.54, 1.807) is 4.52 Å². The maximum atomic E-state index is 9.21. The summed E-state index contributed by atoms with van der Waals surface area (Å²) in [7, 11) is 0. The van der Waals surface area contributed by atoms with Crippen molar-refractivity contribution in [1.82, 2.24) is 19.6 Å². The van der Waals surface area contributed by atoms with Crippen molar-refractivity contribution in [2.45, 2.75) is 31.7 Å². The van der Waals surface area contributed by atoms with Crippen molar-refractivity contribution in [3.8, 4) is 0 Å². The van der Waals surface area contributed by atoms with Crippen LogP contribution >= 0.6 is 11.6 Å². The average molecular weight is 282 g/mol. The smallest absolute Gasteiger partial charge is 0.255 e. The number of piperidine rings is 1. The normalized spacial score (nSPS) is 20.1. The number of nitrogens with zero attached hydrogens (tertiary/aromatic N) is 5. The van der Waals surface area contributed by atoms with Crippen molar-refractivity contribution in [3.63, 3.8) is 0 Å². The van der Waals surface area contributed by atoms with E-state index in [1.807, 2.05) is 6.07 Å². The van der Waals surface area contributed by atoms with Crippen molar-refractivity contribution >= 4 is 23.2 Å². The molecule has 1 atom stereocenters. The highest BCUT2D eigenvalue weighted by Gasteiger charge is 2.25. The molecule has 1 aliphatic heterocycles. The number of rotatable bonds is 3.